The van der Waals surface area contributed by atoms with Gasteiger partial charge in [0.05, 0.1) is 6.61 Å². The van der Waals surface area contributed by atoms with Crippen molar-refractivity contribution < 1.29 is 9.53 Å². The maximum absolute atomic E-state index is 11.6. The van der Waals surface area contributed by atoms with Gasteiger partial charge in [0.2, 0.25) is 5.91 Å². The predicted octanol–water partition coefficient (Wildman–Crippen LogP) is 3.35. The predicted molar refractivity (Wildman–Crippen MR) is 104 cm³/mol. The lowest BCUT2D eigenvalue weighted by Crippen LogP contribution is -2.35. The lowest BCUT2D eigenvalue weighted by atomic mass is 10.0. The summed E-state index contributed by atoms with van der Waals surface area (Å²) in [5.41, 5.74) is 2.36. The fraction of sp³-hybridized carbons (Fsp3) is 0.409. The lowest BCUT2D eigenvalue weighted by Gasteiger charge is -2.23. The SMILES string of the molecule is CC(=O)N1CCCN(CCOC(c2ccccc2)c2ccccc2)CC1. The van der Waals surface area contributed by atoms with Gasteiger partial charge in [-0.3, -0.25) is 9.69 Å². The molecule has 0 spiro atoms. The number of benzene rings is 2. The number of hydrogen-bond donors (Lipinski definition) is 0. The summed E-state index contributed by atoms with van der Waals surface area (Å²) in [4.78, 5) is 15.9. The van der Waals surface area contributed by atoms with Gasteiger partial charge in [-0.2, -0.15) is 0 Å². The van der Waals surface area contributed by atoms with Gasteiger partial charge >= 0.3 is 0 Å². The van der Waals surface area contributed by atoms with Crippen molar-refractivity contribution in [2.75, 3.05) is 39.3 Å². The number of rotatable bonds is 6. The van der Waals surface area contributed by atoms with Gasteiger partial charge in [-0.1, -0.05) is 60.7 Å². The molecule has 138 valence electrons. The Kier molecular flexibility index (Phi) is 6.81. The van der Waals surface area contributed by atoms with Crippen LogP contribution in [0.2, 0.25) is 0 Å². The largest absolute Gasteiger partial charge is 0.367 e. The Hall–Kier alpha value is -2.17. The van der Waals surface area contributed by atoms with Crippen LogP contribution in [0.15, 0.2) is 60.7 Å². The first-order chi connectivity index (χ1) is 12.7. The van der Waals surface area contributed by atoms with E-state index in [4.69, 9.17) is 4.74 Å². The van der Waals surface area contributed by atoms with Crippen molar-refractivity contribution in [2.24, 2.45) is 0 Å². The number of amides is 1. The number of carbonyl (C=O) groups excluding carboxylic acids is 1. The minimum absolute atomic E-state index is 0.0434. The van der Waals surface area contributed by atoms with Crippen molar-refractivity contribution in [3.63, 3.8) is 0 Å². The van der Waals surface area contributed by atoms with Gasteiger partial charge in [0.1, 0.15) is 6.10 Å². The van der Waals surface area contributed by atoms with Crippen LogP contribution in [0.5, 0.6) is 0 Å². The molecule has 1 aliphatic heterocycles. The molecule has 0 aliphatic carbocycles. The molecule has 1 fully saturated rings. The van der Waals surface area contributed by atoms with Crippen LogP contribution in [0.25, 0.3) is 0 Å². The summed E-state index contributed by atoms with van der Waals surface area (Å²) in [7, 11) is 0. The maximum Gasteiger partial charge on any atom is 0.219 e. The van der Waals surface area contributed by atoms with E-state index in [1.54, 1.807) is 6.92 Å². The van der Waals surface area contributed by atoms with Crippen LogP contribution >= 0.6 is 0 Å². The first-order valence-corrected chi connectivity index (χ1v) is 9.43. The summed E-state index contributed by atoms with van der Waals surface area (Å²) < 4.78 is 6.31. The second-order valence-corrected chi connectivity index (χ2v) is 6.77. The minimum atomic E-state index is -0.0434. The summed E-state index contributed by atoms with van der Waals surface area (Å²) in [6.07, 6.45) is 0.985. The standard InChI is InChI=1S/C22H28N2O2/c1-19(25)24-14-8-13-23(15-16-24)17-18-26-22(20-9-4-2-5-10-20)21-11-6-3-7-12-21/h2-7,9-12,22H,8,13-18H2,1H3. The highest BCUT2D eigenvalue weighted by molar-refractivity contribution is 5.73. The first kappa shape index (κ1) is 18.6. The molecule has 0 bridgehead atoms. The maximum atomic E-state index is 11.6. The van der Waals surface area contributed by atoms with Crippen molar-refractivity contribution in [1.82, 2.24) is 9.80 Å². The average Bonchev–Trinajstić information content (AvgIpc) is 2.92. The summed E-state index contributed by atoms with van der Waals surface area (Å²) in [5.74, 6) is 0.177. The normalized spacial score (nSPS) is 15.8. The van der Waals surface area contributed by atoms with E-state index >= 15 is 0 Å². The van der Waals surface area contributed by atoms with Gasteiger partial charge in [-0.05, 0) is 24.1 Å². The summed E-state index contributed by atoms with van der Waals surface area (Å²) in [6.45, 7) is 6.85. The first-order valence-electron chi connectivity index (χ1n) is 9.43. The third-order valence-electron chi connectivity index (χ3n) is 4.93. The Bertz CT molecular complexity index is 636. The van der Waals surface area contributed by atoms with Crippen LogP contribution in [0, 0.1) is 0 Å². The fourth-order valence-electron chi connectivity index (χ4n) is 3.45. The molecule has 0 unspecified atom stereocenters. The average molecular weight is 352 g/mol. The summed E-state index contributed by atoms with van der Waals surface area (Å²) >= 11 is 0. The molecule has 4 heteroatoms. The highest BCUT2D eigenvalue weighted by atomic mass is 16.5. The molecule has 0 saturated carbocycles. The van der Waals surface area contributed by atoms with Gasteiger partial charge < -0.3 is 9.64 Å². The zero-order chi connectivity index (χ0) is 18.2. The van der Waals surface area contributed by atoms with Crippen LogP contribution in [0.4, 0.5) is 0 Å². The van der Waals surface area contributed by atoms with Gasteiger partial charge in [-0.25, -0.2) is 0 Å². The molecule has 0 radical (unpaired) electrons. The molecule has 1 heterocycles. The Morgan fingerprint density at radius 3 is 2.12 bits per heavy atom. The zero-order valence-electron chi connectivity index (χ0n) is 15.5. The van der Waals surface area contributed by atoms with E-state index in [0.29, 0.717) is 6.61 Å². The van der Waals surface area contributed by atoms with Gasteiger partial charge in [0.25, 0.3) is 0 Å². The monoisotopic (exact) mass is 352 g/mol. The van der Waals surface area contributed by atoms with Crippen molar-refractivity contribution in [2.45, 2.75) is 19.4 Å². The second-order valence-electron chi connectivity index (χ2n) is 6.77. The number of hydrogen-bond acceptors (Lipinski definition) is 3. The number of ether oxygens (including phenoxy) is 1. The van der Waals surface area contributed by atoms with Crippen LogP contribution in [0.3, 0.4) is 0 Å². The Morgan fingerprint density at radius 2 is 1.54 bits per heavy atom. The van der Waals surface area contributed by atoms with E-state index in [9.17, 15) is 4.79 Å². The molecule has 3 rings (SSSR count). The summed E-state index contributed by atoms with van der Waals surface area (Å²) in [5, 5.41) is 0. The molecule has 0 aromatic heterocycles. The van der Waals surface area contributed by atoms with Crippen LogP contribution in [0.1, 0.15) is 30.6 Å². The molecule has 1 aliphatic rings. The van der Waals surface area contributed by atoms with Crippen LogP contribution in [-0.2, 0) is 9.53 Å². The van der Waals surface area contributed by atoms with Crippen LogP contribution in [-0.4, -0.2) is 55.0 Å². The van der Waals surface area contributed by atoms with E-state index in [1.165, 1.54) is 11.1 Å². The zero-order valence-corrected chi connectivity index (χ0v) is 15.5. The quantitative estimate of drug-likeness (QED) is 0.799. The fourth-order valence-corrected chi connectivity index (χ4v) is 3.45. The molecule has 2 aromatic carbocycles. The Morgan fingerprint density at radius 1 is 0.923 bits per heavy atom. The van der Waals surface area contributed by atoms with E-state index in [1.807, 2.05) is 17.0 Å². The lowest BCUT2D eigenvalue weighted by molar-refractivity contribution is -0.128. The van der Waals surface area contributed by atoms with E-state index in [2.05, 4.69) is 53.4 Å². The summed E-state index contributed by atoms with van der Waals surface area (Å²) in [6, 6.07) is 20.8. The molecule has 26 heavy (non-hydrogen) atoms. The van der Waals surface area contributed by atoms with Gasteiger partial charge in [-0.15, -0.1) is 0 Å². The minimum Gasteiger partial charge on any atom is -0.367 e. The molecule has 0 atom stereocenters. The van der Waals surface area contributed by atoms with Crippen molar-refractivity contribution >= 4 is 5.91 Å². The van der Waals surface area contributed by atoms with Crippen molar-refractivity contribution in [1.29, 1.82) is 0 Å². The Labute approximate surface area is 156 Å². The molecular weight excluding hydrogens is 324 g/mol. The van der Waals surface area contributed by atoms with Gasteiger partial charge in [0.15, 0.2) is 0 Å². The van der Waals surface area contributed by atoms with E-state index in [-0.39, 0.29) is 12.0 Å². The van der Waals surface area contributed by atoms with Crippen molar-refractivity contribution in [3.8, 4) is 0 Å². The Balaban J connectivity index is 1.58. The third-order valence-corrected chi connectivity index (χ3v) is 4.93. The topological polar surface area (TPSA) is 32.8 Å². The smallest absolute Gasteiger partial charge is 0.219 e. The highest BCUT2D eigenvalue weighted by Crippen LogP contribution is 2.25. The molecule has 4 nitrogen and oxygen atoms in total. The highest BCUT2D eigenvalue weighted by Gasteiger charge is 2.18. The second kappa shape index (κ2) is 9.51. The van der Waals surface area contributed by atoms with Gasteiger partial charge in [0, 0.05) is 33.1 Å². The van der Waals surface area contributed by atoms with E-state index in [0.717, 1.165) is 39.1 Å². The molecular formula is C22H28N2O2. The van der Waals surface area contributed by atoms with E-state index < -0.39 is 0 Å². The number of carbonyl (C=O) groups is 1. The van der Waals surface area contributed by atoms with Crippen molar-refractivity contribution in [3.05, 3.63) is 71.8 Å². The molecule has 1 saturated heterocycles. The molecule has 1 amide bonds. The number of nitrogens with zero attached hydrogens (tertiary/aromatic N) is 2. The molecule has 2 aromatic rings. The van der Waals surface area contributed by atoms with Crippen LogP contribution < -0.4 is 0 Å². The third kappa shape index (κ3) is 5.16. The molecule has 0 N–H and O–H groups in total.